The molecule has 1 fully saturated rings. The second kappa shape index (κ2) is 9.56. The highest BCUT2D eigenvalue weighted by molar-refractivity contribution is 5.76. The van der Waals surface area contributed by atoms with Crippen molar-refractivity contribution in [1.29, 1.82) is 0 Å². The summed E-state index contributed by atoms with van der Waals surface area (Å²) < 4.78 is 6.27. The summed E-state index contributed by atoms with van der Waals surface area (Å²) in [6.07, 6.45) is 4.63. The molecule has 0 spiro atoms. The number of carbonyl (C=O) groups is 2. The Hall–Kier alpha value is -3.16. The molecule has 0 atom stereocenters. The topological polar surface area (TPSA) is 111 Å². The molecule has 2 N–H and O–H groups in total. The van der Waals surface area contributed by atoms with Crippen LogP contribution in [0.2, 0.25) is 0 Å². The zero-order chi connectivity index (χ0) is 21.6. The number of hydrogen-bond donors (Lipinski definition) is 2. The van der Waals surface area contributed by atoms with E-state index in [-0.39, 0.29) is 24.4 Å². The van der Waals surface area contributed by atoms with Crippen LogP contribution >= 0.6 is 0 Å². The number of rotatable bonds is 8. The van der Waals surface area contributed by atoms with Gasteiger partial charge in [-0.2, -0.15) is 5.10 Å². The average Bonchev–Trinajstić information content (AvgIpc) is 2.74. The maximum absolute atomic E-state index is 12.5. The summed E-state index contributed by atoms with van der Waals surface area (Å²) in [5, 5.41) is 16.4. The third kappa shape index (κ3) is 5.46. The SMILES string of the molecule is COc1ccc(-c2ccc(=O)n(CC(=O)NCC3(CC(=O)O)CCCCC3)n2)cc1. The number of aromatic nitrogens is 2. The van der Waals surface area contributed by atoms with Gasteiger partial charge in [-0.3, -0.25) is 14.4 Å². The fourth-order valence-electron chi connectivity index (χ4n) is 3.99. The Labute approximate surface area is 174 Å². The zero-order valence-electron chi connectivity index (χ0n) is 17.1. The third-order valence-electron chi connectivity index (χ3n) is 5.65. The van der Waals surface area contributed by atoms with Crippen molar-refractivity contribution in [2.75, 3.05) is 13.7 Å². The van der Waals surface area contributed by atoms with Gasteiger partial charge in [0, 0.05) is 18.2 Å². The van der Waals surface area contributed by atoms with Crippen molar-refractivity contribution in [3.05, 3.63) is 46.8 Å². The molecule has 0 unspecified atom stereocenters. The predicted octanol–water partition coefficient (Wildman–Crippen LogP) is 2.46. The fourth-order valence-corrected chi connectivity index (χ4v) is 3.99. The minimum Gasteiger partial charge on any atom is -0.497 e. The Morgan fingerprint density at radius 2 is 1.83 bits per heavy atom. The van der Waals surface area contributed by atoms with Gasteiger partial charge >= 0.3 is 5.97 Å². The van der Waals surface area contributed by atoms with Crippen molar-refractivity contribution in [2.24, 2.45) is 5.41 Å². The van der Waals surface area contributed by atoms with Gasteiger partial charge in [-0.05, 0) is 48.6 Å². The number of aliphatic carboxylic acids is 1. The second-order valence-electron chi connectivity index (χ2n) is 7.85. The van der Waals surface area contributed by atoms with Gasteiger partial charge in [0.1, 0.15) is 12.3 Å². The van der Waals surface area contributed by atoms with Crippen LogP contribution in [0, 0.1) is 5.41 Å². The van der Waals surface area contributed by atoms with Crippen molar-refractivity contribution >= 4 is 11.9 Å². The summed E-state index contributed by atoms with van der Waals surface area (Å²) in [7, 11) is 1.58. The Bertz CT molecular complexity index is 946. The molecule has 2 aromatic rings. The minimum atomic E-state index is -0.851. The lowest BCUT2D eigenvalue weighted by Gasteiger charge is -2.36. The van der Waals surface area contributed by atoms with E-state index in [1.165, 1.54) is 6.07 Å². The molecular weight excluding hydrogens is 386 g/mol. The number of carboxylic acid groups (broad SMARTS) is 1. The lowest BCUT2D eigenvalue weighted by atomic mass is 9.71. The van der Waals surface area contributed by atoms with Gasteiger partial charge in [0.15, 0.2) is 0 Å². The van der Waals surface area contributed by atoms with Crippen LogP contribution in [0.5, 0.6) is 5.75 Å². The zero-order valence-corrected chi connectivity index (χ0v) is 17.1. The monoisotopic (exact) mass is 413 g/mol. The van der Waals surface area contributed by atoms with Crippen molar-refractivity contribution < 1.29 is 19.4 Å². The van der Waals surface area contributed by atoms with Gasteiger partial charge in [-0.15, -0.1) is 0 Å². The molecule has 30 heavy (non-hydrogen) atoms. The molecule has 1 heterocycles. The molecule has 1 aromatic carbocycles. The number of ether oxygens (including phenoxy) is 1. The number of carbonyl (C=O) groups excluding carboxylic acids is 1. The smallest absolute Gasteiger partial charge is 0.303 e. The molecule has 1 amide bonds. The maximum atomic E-state index is 12.5. The van der Waals surface area contributed by atoms with Crippen LogP contribution in [0.4, 0.5) is 0 Å². The molecule has 1 aromatic heterocycles. The average molecular weight is 413 g/mol. The summed E-state index contributed by atoms with van der Waals surface area (Å²) >= 11 is 0. The fraction of sp³-hybridized carbons (Fsp3) is 0.455. The Kier molecular flexibility index (Phi) is 6.87. The lowest BCUT2D eigenvalue weighted by Crippen LogP contribution is -2.42. The third-order valence-corrected chi connectivity index (χ3v) is 5.65. The van der Waals surface area contributed by atoms with E-state index in [2.05, 4.69) is 10.4 Å². The molecule has 0 saturated heterocycles. The molecule has 0 radical (unpaired) electrons. The number of nitrogens with one attached hydrogen (secondary N) is 1. The summed E-state index contributed by atoms with van der Waals surface area (Å²) in [6, 6.07) is 10.2. The first-order valence-corrected chi connectivity index (χ1v) is 10.1. The molecule has 1 aliphatic carbocycles. The first kappa shape index (κ1) is 21.5. The summed E-state index contributed by atoms with van der Waals surface area (Å²) in [6.45, 7) is 0.0804. The molecule has 0 bridgehead atoms. The standard InChI is InChI=1S/C22H27N3O5/c1-30-17-7-5-16(6-8-17)18-9-10-20(27)25(24-18)14-19(26)23-15-22(13-21(28)29)11-3-2-4-12-22/h5-10H,2-4,11-15H2,1H3,(H,23,26)(H,28,29). The number of carboxylic acids is 1. The predicted molar refractivity (Wildman–Crippen MR) is 111 cm³/mol. The van der Waals surface area contributed by atoms with E-state index >= 15 is 0 Å². The molecule has 0 aliphatic heterocycles. The van der Waals surface area contributed by atoms with Gasteiger partial charge in [0.25, 0.3) is 5.56 Å². The minimum absolute atomic E-state index is 0.0401. The van der Waals surface area contributed by atoms with Crippen LogP contribution in [0.25, 0.3) is 11.3 Å². The number of amides is 1. The summed E-state index contributed by atoms with van der Waals surface area (Å²) in [5.41, 5.74) is 0.580. The Morgan fingerprint density at radius 1 is 1.13 bits per heavy atom. The van der Waals surface area contributed by atoms with Gasteiger partial charge in [-0.1, -0.05) is 19.3 Å². The highest BCUT2D eigenvalue weighted by atomic mass is 16.5. The van der Waals surface area contributed by atoms with Crippen LogP contribution in [0.15, 0.2) is 41.2 Å². The molecule has 3 rings (SSSR count). The Balaban J connectivity index is 1.68. The van der Waals surface area contributed by atoms with Crippen molar-refractivity contribution in [1.82, 2.24) is 15.1 Å². The van der Waals surface area contributed by atoms with Crippen molar-refractivity contribution in [3.63, 3.8) is 0 Å². The molecule has 1 aliphatic rings. The van der Waals surface area contributed by atoms with E-state index in [1.54, 1.807) is 25.3 Å². The molecule has 1 saturated carbocycles. The summed E-state index contributed by atoms with van der Waals surface area (Å²) in [5.74, 6) is -0.493. The number of nitrogens with zero attached hydrogens (tertiary/aromatic N) is 2. The van der Waals surface area contributed by atoms with Gasteiger partial charge in [0.2, 0.25) is 5.91 Å². The van der Waals surface area contributed by atoms with Crippen LogP contribution in [-0.2, 0) is 16.1 Å². The van der Waals surface area contributed by atoms with Crippen molar-refractivity contribution in [2.45, 2.75) is 45.1 Å². The number of hydrogen-bond acceptors (Lipinski definition) is 5. The van der Waals surface area contributed by atoms with E-state index in [9.17, 15) is 19.5 Å². The van der Waals surface area contributed by atoms with Crippen molar-refractivity contribution in [3.8, 4) is 17.0 Å². The quantitative estimate of drug-likeness (QED) is 0.688. The van der Waals surface area contributed by atoms with E-state index in [0.717, 1.165) is 42.3 Å². The van der Waals surface area contributed by atoms with Gasteiger partial charge in [0.05, 0.1) is 19.2 Å². The normalized spacial score (nSPS) is 15.4. The van der Waals surface area contributed by atoms with Crippen LogP contribution in [0.3, 0.4) is 0 Å². The van der Waals surface area contributed by atoms with Crippen LogP contribution < -0.4 is 15.6 Å². The highest BCUT2D eigenvalue weighted by Crippen LogP contribution is 2.38. The maximum Gasteiger partial charge on any atom is 0.303 e. The Morgan fingerprint density at radius 3 is 2.47 bits per heavy atom. The molecule has 8 nitrogen and oxygen atoms in total. The molecule has 160 valence electrons. The first-order chi connectivity index (χ1) is 14.4. The number of methoxy groups -OCH3 is 1. The first-order valence-electron chi connectivity index (χ1n) is 10.1. The highest BCUT2D eigenvalue weighted by Gasteiger charge is 2.34. The van der Waals surface area contributed by atoms with Gasteiger partial charge in [-0.25, -0.2) is 4.68 Å². The van der Waals surface area contributed by atoms with Crippen LogP contribution in [0.1, 0.15) is 38.5 Å². The van der Waals surface area contributed by atoms with E-state index in [1.807, 2.05) is 12.1 Å². The summed E-state index contributed by atoms with van der Waals surface area (Å²) in [4.78, 5) is 36.0. The van der Waals surface area contributed by atoms with E-state index in [0.29, 0.717) is 18.0 Å². The van der Waals surface area contributed by atoms with E-state index in [4.69, 9.17) is 4.74 Å². The molecule has 8 heteroatoms. The molecular formula is C22H27N3O5. The largest absolute Gasteiger partial charge is 0.497 e. The lowest BCUT2D eigenvalue weighted by molar-refractivity contribution is -0.140. The van der Waals surface area contributed by atoms with Gasteiger partial charge < -0.3 is 15.2 Å². The van der Waals surface area contributed by atoms with Crippen LogP contribution in [-0.4, -0.2) is 40.4 Å². The second-order valence-corrected chi connectivity index (χ2v) is 7.85. The number of benzene rings is 1. The van der Waals surface area contributed by atoms with E-state index < -0.39 is 11.4 Å².